The van der Waals surface area contributed by atoms with E-state index < -0.39 is 0 Å². The van der Waals surface area contributed by atoms with Crippen molar-refractivity contribution >= 4 is 35.4 Å². The molecule has 2 aromatic carbocycles. The van der Waals surface area contributed by atoms with Crippen molar-refractivity contribution in [3.05, 3.63) is 82.3 Å². The lowest BCUT2D eigenvalue weighted by Gasteiger charge is -2.13. The Morgan fingerprint density at radius 2 is 1.90 bits per heavy atom. The second-order valence-corrected chi connectivity index (χ2v) is 7.74. The lowest BCUT2D eigenvalue weighted by molar-refractivity contribution is -0.116. The highest BCUT2D eigenvalue weighted by atomic mass is 35.5. The Kier molecular flexibility index (Phi) is 5.83. The quantitative estimate of drug-likeness (QED) is 0.397. The number of benzene rings is 2. The van der Waals surface area contributed by atoms with Crippen molar-refractivity contribution in [1.82, 2.24) is 19.3 Å². The van der Waals surface area contributed by atoms with Gasteiger partial charge in [0.25, 0.3) is 0 Å². The number of nitrogens with zero attached hydrogens (tertiary/aromatic N) is 3. The van der Waals surface area contributed by atoms with Crippen LogP contribution in [-0.4, -0.2) is 25.2 Å². The fourth-order valence-electron chi connectivity index (χ4n) is 3.19. The number of H-pyrrole nitrogens is 1. The molecule has 2 aromatic heterocycles. The summed E-state index contributed by atoms with van der Waals surface area (Å²) in [4.78, 5) is 12.7. The maximum absolute atomic E-state index is 12.7. The summed E-state index contributed by atoms with van der Waals surface area (Å²) >= 11 is 11.5. The van der Waals surface area contributed by atoms with Gasteiger partial charge in [0.1, 0.15) is 0 Å². The van der Waals surface area contributed by atoms with Crippen LogP contribution in [0, 0.1) is 11.7 Å². The van der Waals surface area contributed by atoms with Crippen molar-refractivity contribution in [2.45, 2.75) is 19.9 Å². The smallest absolute Gasteiger partial charge is 0.226 e. The van der Waals surface area contributed by atoms with E-state index >= 15 is 0 Å². The topological polar surface area (TPSA) is 67.6 Å². The molecule has 0 saturated heterocycles. The molecule has 0 saturated carbocycles. The van der Waals surface area contributed by atoms with Gasteiger partial charge in [-0.3, -0.25) is 14.5 Å². The van der Waals surface area contributed by atoms with Crippen molar-refractivity contribution in [2.24, 2.45) is 0 Å². The third-order valence-electron chi connectivity index (χ3n) is 4.75. The van der Waals surface area contributed by atoms with Crippen molar-refractivity contribution in [3.63, 3.8) is 0 Å². The number of hydrogen-bond acceptors (Lipinski definition) is 3. The summed E-state index contributed by atoms with van der Waals surface area (Å²) in [7, 11) is 0. The molecule has 30 heavy (non-hydrogen) atoms. The number of aryl methyl sites for hydroxylation is 1. The normalized spacial score (nSPS) is 10.9. The summed E-state index contributed by atoms with van der Waals surface area (Å²) in [6.45, 7) is 2.45. The molecule has 8 heteroatoms. The molecule has 2 heterocycles. The number of aromatic nitrogens is 4. The average Bonchev–Trinajstić information content (AvgIpc) is 3.39. The zero-order valence-corrected chi connectivity index (χ0v) is 17.9. The van der Waals surface area contributed by atoms with Gasteiger partial charge in [-0.1, -0.05) is 41.4 Å². The Hall–Kier alpha value is -3.16. The molecular formula is C22H20ClN5OS. The number of aromatic amines is 1. The number of hydrogen-bond donors (Lipinski definition) is 2. The van der Waals surface area contributed by atoms with Gasteiger partial charge in [-0.25, -0.2) is 0 Å². The fraction of sp³-hybridized carbons (Fsp3) is 0.136. The number of nitrogens with one attached hydrogen (secondary N) is 2. The summed E-state index contributed by atoms with van der Waals surface area (Å²) in [5.41, 5.74) is 3.61. The van der Waals surface area contributed by atoms with Crippen LogP contribution in [0.15, 0.2) is 67.0 Å². The molecule has 0 fully saturated rings. The summed E-state index contributed by atoms with van der Waals surface area (Å²) in [5.74, 6) is 0.594. The van der Waals surface area contributed by atoms with Crippen LogP contribution in [0.3, 0.4) is 0 Å². The Morgan fingerprint density at radius 3 is 2.63 bits per heavy atom. The predicted molar refractivity (Wildman–Crippen MR) is 122 cm³/mol. The van der Waals surface area contributed by atoms with Crippen molar-refractivity contribution in [3.8, 4) is 17.1 Å². The number of amides is 1. The first-order valence-corrected chi connectivity index (χ1v) is 10.2. The number of rotatable bonds is 6. The molecule has 1 amide bonds. The molecule has 0 aliphatic rings. The first kappa shape index (κ1) is 20.1. The van der Waals surface area contributed by atoms with E-state index in [4.69, 9.17) is 23.8 Å². The van der Waals surface area contributed by atoms with Gasteiger partial charge in [0.05, 0.1) is 11.4 Å². The Bertz CT molecular complexity index is 1230. The fourth-order valence-corrected chi connectivity index (χ4v) is 3.58. The third kappa shape index (κ3) is 4.37. The molecule has 0 unspecified atom stereocenters. The first-order chi connectivity index (χ1) is 14.5. The molecular weight excluding hydrogens is 418 g/mol. The van der Waals surface area contributed by atoms with Gasteiger partial charge in [0, 0.05) is 35.9 Å². The summed E-state index contributed by atoms with van der Waals surface area (Å²) < 4.78 is 4.23. The highest BCUT2D eigenvalue weighted by molar-refractivity contribution is 7.71. The second kappa shape index (κ2) is 8.69. The lowest BCUT2D eigenvalue weighted by Crippen LogP contribution is -2.16. The van der Waals surface area contributed by atoms with E-state index in [0.717, 1.165) is 11.3 Å². The van der Waals surface area contributed by atoms with Crippen LogP contribution in [0.4, 0.5) is 5.69 Å². The van der Waals surface area contributed by atoms with Gasteiger partial charge in [0.2, 0.25) is 5.91 Å². The zero-order chi connectivity index (χ0) is 21.1. The Balaban J connectivity index is 1.50. The number of anilines is 1. The highest BCUT2D eigenvalue weighted by Crippen LogP contribution is 2.25. The monoisotopic (exact) mass is 437 g/mol. The van der Waals surface area contributed by atoms with E-state index in [9.17, 15) is 4.79 Å². The van der Waals surface area contributed by atoms with E-state index in [1.807, 2.05) is 70.9 Å². The van der Waals surface area contributed by atoms with Crippen LogP contribution in [0.1, 0.15) is 12.0 Å². The first-order valence-electron chi connectivity index (χ1n) is 9.46. The summed E-state index contributed by atoms with van der Waals surface area (Å²) in [6, 6.07) is 17.2. The van der Waals surface area contributed by atoms with E-state index in [2.05, 4.69) is 15.5 Å². The molecule has 4 aromatic rings. The zero-order valence-electron chi connectivity index (χ0n) is 16.3. The van der Waals surface area contributed by atoms with Crippen LogP contribution < -0.4 is 5.32 Å². The third-order valence-corrected chi connectivity index (χ3v) is 5.29. The second-order valence-electron chi connectivity index (χ2n) is 6.92. The number of carbonyl (C=O) groups excluding carboxylic acids is 1. The molecule has 0 aliphatic heterocycles. The van der Waals surface area contributed by atoms with Gasteiger partial charge >= 0.3 is 0 Å². The molecule has 0 atom stereocenters. The lowest BCUT2D eigenvalue weighted by atomic mass is 10.1. The molecule has 2 N–H and O–H groups in total. The van der Waals surface area contributed by atoms with Crippen molar-refractivity contribution in [2.75, 3.05) is 5.32 Å². The molecule has 0 bridgehead atoms. The van der Waals surface area contributed by atoms with Crippen LogP contribution in [-0.2, 0) is 11.3 Å². The Morgan fingerprint density at radius 1 is 1.17 bits per heavy atom. The summed E-state index contributed by atoms with van der Waals surface area (Å²) in [5, 5.41) is 10.7. The predicted octanol–water partition coefficient (Wildman–Crippen LogP) is 5.39. The molecule has 4 rings (SSSR count). The molecule has 0 aliphatic carbocycles. The maximum Gasteiger partial charge on any atom is 0.226 e. The largest absolute Gasteiger partial charge is 0.324 e. The van der Waals surface area contributed by atoms with E-state index in [1.54, 1.807) is 12.1 Å². The number of halogens is 1. The summed E-state index contributed by atoms with van der Waals surface area (Å²) in [6.07, 6.45) is 4.06. The maximum atomic E-state index is 12.7. The minimum Gasteiger partial charge on any atom is -0.324 e. The van der Waals surface area contributed by atoms with Crippen molar-refractivity contribution < 1.29 is 4.79 Å². The average molecular weight is 438 g/mol. The van der Waals surface area contributed by atoms with E-state index in [-0.39, 0.29) is 12.3 Å². The van der Waals surface area contributed by atoms with Gasteiger partial charge < -0.3 is 9.88 Å². The van der Waals surface area contributed by atoms with E-state index in [1.165, 1.54) is 5.56 Å². The van der Waals surface area contributed by atoms with Gasteiger partial charge in [0.15, 0.2) is 10.6 Å². The van der Waals surface area contributed by atoms with E-state index in [0.29, 0.717) is 27.9 Å². The SMILES string of the molecule is Cc1ccc(-c2n[nH]c(=S)n2CCC(=O)Nc2ccc(Cl)cc2-n2cccc2)cc1. The van der Waals surface area contributed by atoms with Crippen LogP contribution in [0.5, 0.6) is 0 Å². The number of carbonyl (C=O) groups is 1. The van der Waals surface area contributed by atoms with Gasteiger partial charge in [-0.15, -0.1) is 0 Å². The Labute approximate surface area is 184 Å². The van der Waals surface area contributed by atoms with Gasteiger partial charge in [-0.2, -0.15) is 5.10 Å². The molecule has 152 valence electrons. The minimum atomic E-state index is -0.122. The minimum absolute atomic E-state index is 0.122. The van der Waals surface area contributed by atoms with Crippen LogP contribution in [0.25, 0.3) is 17.1 Å². The van der Waals surface area contributed by atoms with Crippen molar-refractivity contribution in [1.29, 1.82) is 0 Å². The highest BCUT2D eigenvalue weighted by Gasteiger charge is 2.13. The molecule has 0 spiro atoms. The van der Waals surface area contributed by atoms with Gasteiger partial charge in [-0.05, 0) is 49.5 Å². The van der Waals surface area contributed by atoms with Crippen LogP contribution in [0.2, 0.25) is 5.02 Å². The standard InChI is InChI=1S/C22H20ClN5OS/c1-15-4-6-16(7-5-15)21-25-26-22(30)28(21)13-10-20(29)24-18-9-8-17(23)14-19(18)27-11-2-3-12-27/h2-9,11-12,14H,10,13H2,1H3,(H,24,29)(H,26,30). The molecule has 6 nitrogen and oxygen atoms in total. The molecule has 0 radical (unpaired) electrons. The van der Waals surface area contributed by atoms with Crippen LogP contribution >= 0.6 is 23.8 Å².